The summed E-state index contributed by atoms with van der Waals surface area (Å²) in [5.74, 6) is -0.283. The molecule has 0 aromatic heterocycles. The van der Waals surface area contributed by atoms with Crippen molar-refractivity contribution in [2.24, 2.45) is 0 Å². The number of amides is 1. The predicted octanol–water partition coefficient (Wildman–Crippen LogP) is 19.2. The molecule has 3 aliphatic rings. The summed E-state index contributed by atoms with van der Waals surface area (Å²) in [5.41, 5.74) is 0. The molecule has 3 fully saturated rings. The Morgan fingerprint density at radius 3 is 0.957 bits per heavy atom. The van der Waals surface area contributed by atoms with Gasteiger partial charge in [0.2, 0.25) is 5.91 Å². The highest BCUT2D eigenvalue weighted by Crippen LogP contribution is 2.34. The highest BCUT2D eigenvalue weighted by atomic mass is 16.8. The number of rotatable bonds is 77. The molecule has 0 aromatic rings. The zero-order valence-corrected chi connectivity index (χ0v) is 73.4. The summed E-state index contributed by atoms with van der Waals surface area (Å²) < 4.78 is 34.5. The first-order valence-corrected chi connectivity index (χ1v) is 47.6. The van der Waals surface area contributed by atoms with Crippen molar-refractivity contribution in [2.45, 2.75) is 478 Å². The number of carbonyl (C=O) groups is 1. The SMILES string of the molecule is CC/C=C\C/C=C\C/C=C\C/C=C\C/C=C\C/C=C\C/C=C\CCCCCCCCCCCCCCCCCCCC(=O)NC(COC1OC(CO)C(OC2OC(CO)C(OC3OC(CO)C(O)C(O)C3O)C(O)C2O)C(O)C1O)C(O)/C=C/CC/C=C/CCCCCCCCCCCCCCCCCCCCCCCCCCCCC. The molecule has 0 saturated carbocycles. The molecule has 19 heteroatoms. The maximum absolute atomic E-state index is 13.5. The fraction of sp³-hybridized carbons (Fsp3) is 0.806. The predicted molar refractivity (Wildman–Crippen MR) is 475 cm³/mol. The molecule has 12 N–H and O–H groups in total. The minimum Gasteiger partial charge on any atom is -0.394 e. The van der Waals surface area contributed by atoms with Gasteiger partial charge in [-0.15, -0.1) is 0 Å². The molecular weight excluding hydrogens is 1480 g/mol. The maximum Gasteiger partial charge on any atom is 0.220 e. The number of nitrogens with one attached hydrogen (secondary N) is 1. The lowest BCUT2D eigenvalue weighted by atomic mass is 9.96. The van der Waals surface area contributed by atoms with Crippen LogP contribution in [0.25, 0.3) is 0 Å². The van der Waals surface area contributed by atoms with Crippen molar-refractivity contribution in [3.63, 3.8) is 0 Å². The first-order chi connectivity index (χ1) is 57.3. The van der Waals surface area contributed by atoms with Gasteiger partial charge in [0.15, 0.2) is 18.9 Å². The van der Waals surface area contributed by atoms with Crippen LogP contribution in [0.3, 0.4) is 0 Å². The molecule has 3 aliphatic heterocycles. The van der Waals surface area contributed by atoms with Crippen molar-refractivity contribution in [1.82, 2.24) is 5.32 Å². The third kappa shape index (κ3) is 54.0. The Kier molecular flexibility index (Phi) is 70.0. The van der Waals surface area contributed by atoms with Crippen molar-refractivity contribution in [1.29, 1.82) is 0 Å². The van der Waals surface area contributed by atoms with Gasteiger partial charge >= 0.3 is 0 Å². The average Bonchev–Trinajstić information content (AvgIpc) is 0.777. The number of allylic oxidation sites excluding steroid dienone is 17. The van der Waals surface area contributed by atoms with Crippen LogP contribution in [0.1, 0.15) is 373 Å². The minimum absolute atomic E-state index is 0.232. The highest BCUT2D eigenvalue weighted by Gasteiger charge is 2.54. The second kappa shape index (κ2) is 76.1. The summed E-state index contributed by atoms with van der Waals surface area (Å²) in [6.45, 7) is 1.65. The highest BCUT2D eigenvalue weighted by molar-refractivity contribution is 5.76. The van der Waals surface area contributed by atoms with Crippen LogP contribution in [0.5, 0.6) is 0 Å². The van der Waals surface area contributed by atoms with Crippen molar-refractivity contribution < 1.29 is 89.4 Å². The van der Waals surface area contributed by atoms with Gasteiger partial charge in [0.25, 0.3) is 0 Å². The quantitative estimate of drug-likeness (QED) is 0.0199. The molecule has 19 nitrogen and oxygen atoms in total. The molecule has 117 heavy (non-hydrogen) atoms. The molecule has 3 rings (SSSR count). The van der Waals surface area contributed by atoms with E-state index in [1.54, 1.807) is 6.08 Å². The Morgan fingerprint density at radius 1 is 0.316 bits per heavy atom. The third-order valence-corrected chi connectivity index (χ3v) is 23.1. The van der Waals surface area contributed by atoms with Gasteiger partial charge < -0.3 is 89.9 Å². The number of aliphatic hydroxyl groups excluding tert-OH is 11. The first-order valence-electron chi connectivity index (χ1n) is 47.6. The number of hydrogen-bond acceptors (Lipinski definition) is 18. The summed E-state index contributed by atoms with van der Waals surface area (Å²) in [5, 5.41) is 121. The summed E-state index contributed by atoms with van der Waals surface area (Å²) in [4.78, 5) is 13.5. The molecule has 1 amide bonds. The van der Waals surface area contributed by atoms with E-state index < -0.39 is 124 Å². The van der Waals surface area contributed by atoms with Gasteiger partial charge in [-0.05, 0) is 89.9 Å². The Labute approximate surface area is 710 Å². The zero-order chi connectivity index (χ0) is 84.5. The molecule has 0 radical (unpaired) electrons. The molecule has 0 aliphatic carbocycles. The largest absolute Gasteiger partial charge is 0.394 e. The van der Waals surface area contributed by atoms with E-state index in [1.807, 2.05) is 6.08 Å². The summed E-state index contributed by atoms with van der Waals surface area (Å²) in [6.07, 6.45) is 81.1. The van der Waals surface area contributed by atoms with Crippen LogP contribution < -0.4 is 5.32 Å². The summed E-state index contributed by atoms with van der Waals surface area (Å²) in [6, 6.07) is -0.998. The van der Waals surface area contributed by atoms with E-state index in [1.165, 1.54) is 257 Å². The van der Waals surface area contributed by atoms with E-state index in [-0.39, 0.29) is 18.9 Å². The Hall–Kier alpha value is -3.55. The topological polar surface area (TPSA) is 307 Å². The van der Waals surface area contributed by atoms with Gasteiger partial charge in [-0.1, -0.05) is 386 Å². The molecule has 3 heterocycles. The smallest absolute Gasteiger partial charge is 0.220 e. The number of ether oxygens (including phenoxy) is 6. The monoisotopic (exact) mass is 1650 g/mol. The van der Waals surface area contributed by atoms with Gasteiger partial charge in [0, 0.05) is 6.42 Å². The lowest BCUT2D eigenvalue weighted by Gasteiger charge is -2.48. The molecular formula is C98H173NO18. The van der Waals surface area contributed by atoms with E-state index >= 15 is 0 Å². The lowest BCUT2D eigenvalue weighted by Crippen LogP contribution is -2.66. The fourth-order valence-corrected chi connectivity index (χ4v) is 15.5. The summed E-state index contributed by atoms with van der Waals surface area (Å²) in [7, 11) is 0. The molecule has 17 atom stereocenters. The van der Waals surface area contributed by atoms with Gasteiger partial charge in [0.05, 0.1) is 38.6 Å². The van der Waals surface area contributed by atoms with Gasteiger partial charge in [0.1, 0.15) is 73.2 Å². The van der Waals surface area contributed by atoms with Crippen LogP contribution in [-0.4, -0.2) is 193 Å². The van der Waals surface area contributed by atoms with Crippen molar-refractivity contribution >= 4 is 5.91 Å². The zero-order valence-electron chi connectivity index (χ0n) is 73.4. The van der Waals surface area contributed by atoms with Crippen LogP contribution in [0.2, 0.25) is 0 Å². The maximum atomic E-state index is 13.5. The molecule has 0 spiro atoms. The van der Waals surface area contributed by atoms with Crippen LogP contribution in [-0.2, 0) is 33.2 Å². The van der Waals surface area contributed by atoms with E-state index in [4.69, 9.17) is 28.4 Å². The molecule has 17 unspecified atom stereocenters. The van der Waals surface area contributed by atoms with Crippen molar-refractivity contribution in [3.8, 4) is 0 Å². The minimum atomic E-state index is -1.99. The van der Waals surface area contributed by atoms with E-state index in [0.717, 1.165) is 83.5 Å². The van der Waals surface area contributed by atoms with Gasteiger partial charge in [-0.2, -0.15) is 0 Å². The van der Waals surface area contributed by atoms with E-state index in [0.29, 0.717) is 12.8 Å². The van der Waals surface area contributed by atoms with Crippen molar-refractivity contribution in [3.05, 3.63) is 109 Å². The van der Waals surface area contributed by atoms with E-state index in [9.17, 15) is 61.0 Å². The van der Waals surface area contributed by atoms with Gasteiger partial charge in [-0.25, -0.2) is 0 Å². The van der Waals surface area contributed by atoms with Crippen molar-refractivity contribution in [2.75, 3.05) is 26.4 Å². The summed E-state index contributed by atoms with van der Waals surface area (Å²) >= 11 is 0. The van der Waals surface area contributed by atoms with E-state index in [2.05, 4.69) is 116 Å². The van der Waals surface area contributed by atoms with Crippen LogP contribution in [0.15, 0.2) is 109 Å². The second-order valence-corrected chi connectivity index (χ2v) is 33.4. The molecule has 0 aromatic carbocycles. The number of aliphatic hydroxyl groups is 11. The molecule has 678 valence electrons. The van der Waals surface area contributed by atoms with Crippen LogP contribution in [0, 0.1) is 0 Å². The Morgan fingerprint density at radius 2 is 0.598 bits per heavy atom. The van der Waals surface area contributed by atoms with Crippen LogP contribution >= 0.6 is 0 Å². The Bertz CT molecular complexity index is 2540. The molecule has 3 saturated heterocycles. The number of carbonyl (C=O) groups excluding carboxylic acids is 1. The number of hydrogen-bond donors (Lipinski definition) is 12. The lowest BCUT2D eigenvalue weighted by molar-refractivity contribution is -0.379. The fourth-order valence-electron chi connectivity index (χ4n) is 15.5. The first kappa shape index (κ1) is 108. The number of unbranched alkanes of at least 4 members (excludes halogenated alkanes) is 45. The molecule has 0 bridgehead atoms. The normalized spacial score (nSPS) is 24.9. The third-order valence-electron chi connectivity index (χ3n) is 23.1. The Balaban J connectivity index is 1.31. The second-order valence-electron chi connectivity index (χ2n) is 33.4. The standard InChI is InChI=1S/C98H173NO18/c1-3-5-7-9-11-13-15-17-19-21-23-25-27-29-31-33-35-37-38-39-40-41-42-44-46-48-50-52-54-56-58-60-62-64-66-68-70-72-74-76-86(104)99-81(82(103)75-73-71-69-67-65-63-61-59-57-55-53-51-49-47-45-43-36-34-32-30-28-26-24-22-20-18-16-14-12-10-8-6-4-2)80-112-96-92(110)89(107)94(84(78-101)114-96)117-98-93(111)90(108)95(85(79-102)115-98)116-97-91(109)88(106)87(105)83(77-100)113-97/h5,7,11,13,17,19,23,25,29,31,35,37,39-40,65,67,73,75,81-85,87-98,100-103,105-111H,3-4,6,8-10,12,14-16,18,20-22,24,26-28,30,32-34,36,38,41-64,66,68-72,74,76-80H2,1-2H3,(H,99,104)/b7-5-,13-11-,19-17-,25-23-,31-29-,37-35-,40-39-,67-65+,75-73+. The van der Waals surface area contributed by atoms with Crippen LogP contribution in [0.4, 0.5) is 0 Å². The average molecular weight is 1650 g/mol. The van der Waals surface area contributed by atoms with Gasteiger partial charge in [-0.3, -0.25) is 4.79 Å².